The van der Waals surface area contributed by atoms with Gasteiger partial charge in [0.05, 0.1) is 46.7 Å². The summed E-state index contributed by atoms with van der Waals surface area (Å²) in [6.07, 6.45) is -6.38. The van der Waals surface area contributed by atoms with E-state index in [4.69, 9.17) is 9.72 Å². The van der Waals surface area contributed by atoms with E-state index in [0.29, 0.717) is 50.8 Å². The average molecular weight is 683 g/mol. The molecule has 2 aliphatic heterocycles. The van der Waals surface area contributed by atoms with Gasteiger partial charge in [-0.25, -0.2) is 4.98 Å². The van der Waals surface area contributed by atoms with E-state index in [1.54, 1.807) is 0 Å². The molecule has 3 aliphatic rings. The maximum atomic E-state index is 14.5. The molecule has 1 aromatic heterocycles. The van der Waals surface area contributed by atoms with Gasteiger partial charge in [-0.15, -0.1) is 0 Å². The second kappa shape index (κ2) is 13.0. The fourth-order valence-corrected chi connectivity index (χ4v) is 7.23. The van der Waals surface area contributed by atoms with Crippen molar-refractivity contribution in [1.29, 1.82) is 0 Å². The Labute approximate surface area is 280 Å². The van der Waals surface area contributed by atoms with Crippen molar-refractivity contribution in [3.05, 3.63) is 101 Å². The number of nitrogens with one attached hydrogen (secondary N) is 1. The van der Waals surface area contributed by atoms with Crippen molar-refractivity contribution in [3.63, 3.8) is 0 Å². The van der Waals surface area contributed by atoms with E-state index in [1.807, 2.05) is 30.3 Å². The number of rotatable bonds is 7. The predicted octanol–water partition coefficient (Wildman–Crippen LogP) is 7.66. The van der Waals surface area contributed by atoms with Gasteiger partial charge in [0.25, 0.3) is 5.91 Å². The van der Waals surface area contributed by atoms with Crippen LogP contribution in [-0.4, -0.2) is 66.1 Å². The van der Waals surface area contributed by atoms with E-state index in [-0.39, 0.29) is 34.3 Å². The van der Waals surface area contributed by atoms with Crippen molar-refractivity contribution in [2.45, 2.75) is 56.2 Å². The Morgan fingerprint density at radius 2 is 1.51 bits per heavy atom. The third kappa shape index (κ3) is 7.04. The van der Waals surface area contributed by atoms with Crippen molar-refractivity contribution in [1.82, 2.24) is 20.1 Å². The lowest BCUT2D eigenvalue weighted by Crippen LogP contribution is -2.48. The first kappa shape index (κ1) is 33.5. The monoisotopic (exact) mass is 682 g/mol. The SMILES string of the molecule is O=C(NC1(c2ccccc2)CC1)c1c(CN2CCC(N3CCOCC3)CC2)c(-c2cccc(C(F)(F)F)c2)nc2ccc(C(F)(F)F)cc12. The van der Waals surface area contributed by atoms with Crippen LogP contribution in [0.5, 0.6) is 0 Å². The Hall–Kier alpha value is -4.00. The number of amides is 1. The highest BCUT2D eigenvalue weighted by Crippen LogP contribution is 2.46. The molecular weight excluding hydrogens is 646 g/mol. The molecule has 4 aromatic rings. The summed E-state index contributed by atoms with van der Waals surface area (Å²) in [5.41, 5.74) is -0.977. The van der Waals surface area contributed by atoms with Crippen molar-refractivity contribution >= 4 is 16.8 Å². The van der Waals surface area contributed by atoms with E-state index in [1.165, 1.54) is 18.2 Å². The predicted molar refractivity (Wildman–Crippen MR) is 173 cm³/mol. The van der Waals surface area contributed by atoms with Gasteiger partial charge in [0, 0.05) is 42.2 Å². The zero-order chi connectivity index (χ0) is 34.4. The fourth-order valence-electron chi connectivity index (χ4n) is 7.23. The molecule has 3 heterocycles. The minimum absolute atomic E-state index is 0.000945. The molecule has 1 N–H and O–H groups in total. The van der Waals surface area contributed by atoms with Crippen LogP contribution in [0.4, 0.5) is 26.3 Å². The number of ether oxygens (including phenoxy) is 1. The smallest absolute Gasteiger partial charge is 0.379 e. The highest BCUT2D eigenvalue weighted by Gasteiger charge is 2.46. The van der Waals surface area contributed by atoms with Crippen LogP contribution in [-0.2, 0) is 29.2 Å². The topological polar surface area (TPSA) is 57.7 Å². The number of nitrogens with zero attached hydrogens (tertiary/aromatic N) is 3. The first-order valence-corrected chi connectivity index (χ1v) is 16.5. The molecule has 2 saturated heterocycles. The molecule has 1 amide bonds. The van der Waals surface area contributed by atoms with Gasteiger partial charge in [-0.2, -0.15) is 26.3 Å². The minimum atomic E-state index is -4.69. The summed E-state index contributed by atoms with van der Waals surface area (Å²) >= 11 is 0. The zero-order valence-corrected chi connectivity index (χ0v) is 26.7. The Balaban J connectivity index is 1.35. The van der Waals surface area contributed by atoms with Crippen LogP contribution in [0, 0.1) is 0 Å². The maximum absolute atomic E-state index is 14.5. The number of carbonyl (C=O) groups is 1. The summed E-state index contributed by atoms with van der Waals surface area (Å²) in [4.78, 5) is 23.8. The first-order valence-electron chi connectivity index (χ1n) is 16.5. The number of piperidine rings is 1. The summed E-state index contributed by atoms with van der Waals surface area (Å²) in [6.45, 7) is 4.43. The Kier molecular flexibility index (Phi) is 8.91. The molecule has 1 saturated carbocycles. The number of hydrogen-bond acceptors (Lipinski definition) is 5. The van der Waals surface area contributed by atoms with Gasteiger partial charge in [-0.05, 0) is 74.7 Å². The van der Waals surface area contributed by atoms with E-state index in [0.717, 1.165) is 55.8 Å². The molecule has 3 fully saturated rings. The number of likely N-dealkylation sites (tertiary alicyclic amines) is 1. The van der Waals surface area contributed by atoms with Gasteiger partial charge >= 0.3 is 12.4 Å². The van der Waals surface area contributed by atoms with Crippen LogP contribution < -0.4 is 5.32 Å². The summed E-state index contributed by atoms with van der Waals surface area (Å²) in [5.74, 6) is -0.584. The Morgan fingerprint density at radius 3 is 2.16 bits per heavy atom. The number of aromatic nitrogens is 1. The number of hydrogen-bond donors (Lipinski definition) is 1. The lowest BCUT2D eigenvalue weighted by atomic mass is 9.92. The van der Waals surface area contributed by atoms with E-state index in [2.05, 4.69) is 15.1 Å². The summed E-state index contributed by atoms with van der Waals surface area (Å²) < 4.78 is 89.4. The highest BCUT2D eigenvalue weighted by atomic mass is 19.4. The number of fused-ring (bicyclic) bond motifs is 1. The molecule has 0 bridgehead atoms. The van der Waals surface area contributed by atoms with Crippen LogP contribution >= 0.6 is 0 Å². The second-order valence-electron chi connectivity index (χ2n) is 13.2. The molecular formula is C37H36F6N4O2. The number of morpholine rings is 1. The summed E-state index contributed by atoms with van der Waals surface area (Å²) in [7, 11) is 0. The van der Waals surface area contributed by atoms with Crippen LogP contribution in [0.2, 0.25) is 0 Å². The molecule has 0 radical (unpaired) electrons. The van der Waals surface area contributed by atoms with Crippen LogP contribution in [0.25, 0.3) is 22.2 Å². The average Bonchev–Trinajstić information content (AvgIpc) is 3.88. The van der Waals surface area contributed by atoms with Crippen LogP contribution in [0.1, 0.15) is 58.3 Å². The molecule has 258 valence electrons. The molecule has 1 aliphatic carbocycles. The first-order chi connectivity index (χ1) is 23.4. The summed E-state index contributed by atoms with van der Waals surface area (Å²) in [6, 6.07) is 17.4. The fraction of sp³-hybridized carbons (Fsp3) is 0.405. The Bertz CT molecular complexity index is 1830. The third-order valence-corrected chi connectivity index (χ3v) is 10.0. The molecule has 0 unspecified atom stereocenters. The molecule has 0 atom stereocenters. The third-order valence-electron chi connectivity index (χ3n) is 10.0. The van der Waals surface area contributed by atoms with Crippen LogP contribution in [0.15, 0.2) is 72.8 Å². The van der Waals surface area contributed by atoms with E-state index in [9.17, 15) is 31.1 Å². The van der Waals surface area contributed by atoms with Crippen molar-refractivity contribution in [2.75, 3.05) is 39.4 Å². The number of pyridine rings is 1. The van der Waals surface area contributed by atoms with E-state index >= 15 is 0 Å². The van der Waals surface area contributed by atoms with E-state index < -0.39 is 34.9 Å². The zero-order valence-electron chi connectivity index (χ0n) is 26.7. The lowest BCUT2D eigenvalue weighted by Gasteiger charge is -2.40. The van der Waals surface area contributed by atoms with Gasteiger partial charge in [-0.1, -0.05) is 42.5 Å². The normalized spacial score (nSPS) is 19.2. The summed E-state index contributed by atoms with van der Waals surface area (Å²) in [5, 5.41) is 3.13. The molecule has 0 spiro atoms. The highest BCUT2D eigenvalue weighted by molar-refractivity contribution is 6.09. The second-order valence-corrected chi connectivity index (χ2v) is 13.2. The molecule has 49 heavy (non-hydrogen) atoms. The minimum Gasteiger partial charge on any atom is -0.379 e. The van der Waals surface area contributed by atoms with Crippen molar-refractivity contribution in [3.8, 4) is 11.3 Å². The van der Waals surface area contributed by atoms with Gasteiger partial charge in [0.15, 0.2) is 0 Å². The van der Waals surface area contributed by atoms with Gasteiger partial charge in [-0.3, -0.25) is 14.6 Å². The Morgan fingerprint density at radius 1 is 0.837 bits per heavy atom. The number of benzene rings is 3. The molecule has 7 rings (SSSR count). The lowest BCUT2D eigenvalue weighted by molar-refractivity contribution is -0.138. The van der Waals surface area contributed by atoms with Crippen LogP contribution in [0.3, 0.4) is 0 Å². The number of carbonyl (C=O) groups excluding carboxylic acids is 1. The molecule has 3 aromatic carbocycles. The number of halogens is 6. The maximum Gasteiger partial charge on any atom is 0.416 e. The van der Waals surface area contributed by atoms with Gasteiger partial charge in [0.1, 0.15) is 0 Å². The van der Waals surface area contributed by atoms with Gasteiger partial charge < -0.3 is 10.1 Å². The number of alkyl halides is 6. The van der Waals surface area contributed by atoms with Gasteiger partial charge in [0.2, 0.25) is 0 Å². The largest absolute Gasteiger partial charge is 0.416 e. The standard InChI is InChI=1S/C37H36F6N4O2/c38-36(39,40)26-8-4-5-24(21-26)33-30(23-46-15-11-28(12-16-46)47-17-19-49-20-18-47)32(29-22-27(37(41,42)43)9-10-31(29)44-33)34(48)45-35(13-14-35)25-6-2-1-3-7-25/h1-10,21-22,28H,11-20,23H2,(H,45,48). The molecule has 12 heteroatoms. The van der Waals surface area contributed by atoms with Crippen molar-refractivity contribution < 1.29 is 35.9 Å². The quantitative estimate of drug-likeness (QED) is 0.203. The molecule has 6 nitrogen and oxygen atoms in total. The van der Waals surface area contributed by atoms with Crippen molar-refractivity contribution in [2.24, 2.45) is 0 Å².